The summed E-state index contributed by atoms with van der Waals surface area (Å²) in [7, 11) is 2.02. The summed E-state index contributed by atoms with van der Waals surface area (Å²) in [6.07, 6.45) is 5.58. The molecule has 0 radical (unpaired) electrons. The van der Waals surface area contributed by atoms with Gasteiger partial charge in [0.05, 0.1) is 6.54 Å². The topological polar surface area (TPSA) is 42.7 Å². The van der Waals surface area contributed by atoms with E-state index in [1.54, 1.807) is 0 Å². The van der Waals surface area contributed by atoms with E-state index in [4.69, 9.17) is 0 Å². The number of hydrogen-bond donors (Lipinski definition) is 1. The highest BCUT2D eigenvalue weighted by Gasteiger charge is 2.18. The van der Waals surface area contributed by atoms with Crippen molar-refractivity contribution in [3.05, 3.63) is 11.6 Å². The van der Waals surface area contributed by atoms with Gasteiger partial charge in [0.25, 0.3) is 0 Å². The van der Waals surface area contributed by atoms with E-state index >= 15 is 0 Å². The molecular weight excluding hydrogens is 212 g/mol. The molecule has 1 saturated carbocycles. The zero-order chi connectivity index (χ0) is 12.3. The largest absolute Gasteiger partial charge is 0.317 e. The second-order valence-corrected chi connectivity index (χ2v) is 5.49. The molecule has 1 heterocycles. The monoisotopic (exact) mass is 236 g/mol. The van der Waals surface area contributed by atoms with Gasteiger partial charge in [-0.2, -0.15) is 0 Å². The van der Waals surface area contributed by atoms with Gasteiger partial charge in [-0.1, -0.05) is 19.8 Å². The lowest BCUT2D eigenvalue weighted by atomic mass is 9.82. The molecule has 1 aliphatic carbocycles. The lowest BCUT2D eigenvalue weighted by Gasteiger charge is -2.26. The number of nitrogens with one attached hydrogen (secondary N) is 1. The number of aromatic nitrogens is 3. The lowest BCUT2D eigenvalue weighted by molar-refractivity contribution is 0.273. The summed E-state index contributed by atoms with van der Waals surface area (Å²) in [6.45, 7) is 6.32. The molecule has 96 valence electrons. The van der Waals surface area contributed by atoms with Crippen LogP contribution in [0.15, 0.2) is 0 Å². The Labute approximate surface area is 104 Å². The minimum absolute atomic E-state index is 0.836. The molecule has 2 unspecified atom stereocenters. The number of nitrogens with zero attached hydrogens (tertiary/aromatic N) is 3. The predicted molar refractivity (Wildman–Crippen MR) is 68.6 cm³/mol. The first-order chi connectivity index (χ1) is 8.16. The molecule has 17 heavy (non-hydrogen) atoms. The van der Waals surface area contributed by atoms with Crippen LogP contribution >= 0.6 is 0 Å². The summed E-state index contributed by atoms with van der Waals surface area (Å²) in [6, 6.07) is 0. The first-order valence-electron chi connectivity index (χ1n) is 6.72. The van der Waals surface area contributed by atoms with Gasteiger partial charge in [-0.3, -0.25) is 0 Å². The van der Waals surface area contributed by atoms with Gasteiger partial charge >= 0.3 is 0 Å². The van der Waals surface area contributed by atoms with E-state index in [2.05, 4.69) is 27.0 Å². The Morgan fingerprint density at radius 3 is 2.82 bits per heavy atom. The van der Waals surface area contributed by atoms with E-state index in [-0.39, 0.29) is 0 Å². The second-order valence-electron chi connectivity index (χ2n) is 5.49. The maximum atomic E-state index is 4.16. The van der Waals surface area contributed by atoms with Crippen LogP contribution in [0.3, 0.4) is 0 Å². The molecule has 2 atom stereocenters. The Kier molecular flexibility index (Phi) is 4.15. The van der Waals surface area contributed by atoms with Gasteiger partial charge in [0.2, 0.25) is 0 Å². The molecule has 4 heteroatoms. The van der Waals surface area contributed by atoms with Gasteiger partial charge in [0.15, 0.2) is 0 Å². The zero-order valence-corrected chi connectivity index (χ0v) is 11.2. The summed E-state index contributed by atoms with van der Waals surface area (Å²) in [5.74, 6) is 3.78. The van der Waals surface area contributed by atoms with Gasteiger partial charge in [-0.15, -0.1) is 10.2 Å². The maximum absolute atomic E-state index is 4.16. The molecule has 2 rings (SSSR count). The number of aryl methyl sites for hydroxylation is 1. The fraction of sp³-hybridized carbons (Fsp3) is 0.846. The summed E-state index contributed by atoms with van der Waals surface area (Å²) >= 11 is 0. The van der Waals surface area contributed by atoms with Gasteiger partial charge in [0.1, 0.15) is 11.6 Å². The van der Waals surface area contributed by atoms with Crippen LogP contribution < -0.4 is 5.32 Å². The van der Waals surface area contributed by atoms with Crippen molar-refractivity contribution in [2.75, 3.05) is 6.54 Å². The molecular formula is C13H24N4. The molecule has 1 N–H and O–H groups in total. The van der Waals surface area contributed by atoms with Crippen molar-refractivity contribution in [2.45, 2.75) is 46.1 Å². The van der Waals surface area contributed by atoms with Gasteiger partial charge < -0.3 is 9.88 Å². The van der Waals surface area contributed by atoms with Crippen LogP contribution in [-0.4, -0.2) is 21.3 Å². The van der Waals surface area contributed by atoms with E-state index in [9.17, 15) is 0 Å². The average molecular weight is 236 g/mol. The summed E-state index contributed by atoms with van der Waals surface area (Å²) in [5.41, 5.74) is 0. The minimum Gasteiger partial charge on any atom is -0.317 e. The van der Waals surface area contributed by atoms with Crippen molar-refractivity contribution in [3.8, 4) is 0 Å². The van der Waals surface area contributed by atoms with E-state index < -0.39 is 0 Å². The summed E-state index contributed by atoms with van der Waals surface area (Å²) < 4.78 is 2.05. The Balaban J connectivity index is 1.74. The number of hydrogen-bond acceptors (Lipinski definition) is 3. The van der Waals surface area contributed by atoms with Crippen molar-refractivity contribution >= 4 is 0 Å². The van der Waals surface area contributed by atoms with Crippen LogP contribution in [0.1, 0.15) is 44.3 Å². The van der Waals surface area contributed by atoms with Crippen LogP contribution in [0.5, 0.6) is 0 Å². The molecule has 1 aliphatic rings. The van der Waals surface area contributed by atoms with E-state index in [1.165, 1.54) is 25.7 Å². The number of rotatable bonds is 4. The fourth-order valence-corrected chi connectivity index (χ4v) is 2.74. The Hall–Kier alpha value is -0.900. The second kappa shape index (κ2) is 5.63. The lowest BCUT2D eigenvalue weighted by Crippen LogP contribution is -2.27. The van der Waals surface area contributed by atoms with Crippen molar-refractivity contribution in [3.63, 3.8) is 0 Å². The van der Waals surface area contributed by atoms with Crippen molar-refractivity contribution in [2.24, 2.45) is 18.9 Å². The van der Waals surface area contributed by atoms with Crippen LogP contribution in [0.4, 0.5) is 0 Å². The quantitative estimate of drug-likeness (QED) is 0.870. The normalized spacial score (nSPS) is 25.1. The molecule has 4 nitrogen and oxygen atoms in total. The molecule has 0 aromatic carbocycles. The minimum atomic E-state index is 0.836. The van der Waals surface area contributed by atoms with Crippen LogP contribution in [-0.2, 0) is 13.6 Å². The third-order valence-electron chi connectivity index (χ3n) is 3.94. The average Bonchev–Trinajstić information content (AvgIpc) is 2.61. The smallest absolute Gasteiger partial charge is 0.146 e. The molecule has 0 amide bonds. The van der Waals surface area contributed by atoms with Crippen LogP contribution in [0.2, 0.25) is 0 Å². The highest BCUT2D eigenvalue weighted by molar-refractivity contribution is 4.92. The SMILES string of the molecule is Cc1nnc(CNCC2CCCC(C)C2)n1C. The first kappa shape index (κ1) is 12.6. The molecule has 0 spiro atoms. The fourth-order valence-electron chi connectivity index (χ4n) is 2.74. The maximum Gasteiger partial charge on any atom is 0.146 e. The third-order valence-corrected chi connectivity index (χ3v) is 3.94. The third kappa shape index (κ3) is 3.28. The van der Waals surface area contributed by atoms with Crippen LogP contribution in [0.25, 0.3) is 0 Å². The highest BCUT2D eigenvalue weighted by atomic mass is 15.3. The highest BCUT2D eigenvalue weighted by Crippen LogP contribution is 2.27. The molecule has 0 saturated heterocycles. The molecule has 1 fully saturated rings. The predicted octanol–water partition coefficient (Wildman–Crippen LogP) is 2.04. The molecule has 0 aliphatic heterocycles. The van der Waals surface area contributed by atoms with Crippen molar-refractivity contribution in [1.82, 2.24) is 20.1 Å². The molecule has 0 bridgehead atoms. The van der Waals surface area contributed by atoms with Gasteiger partial charge in [-0.05, 0) is 38.1 Å². The van der Waals surface area contributed by atoms with E-state index in [0.29, 0.717) is 0 Å². The molecule has 1 aromatic heterocycles. The van der Waals surface area contributed by atoms with Crippen molar-refractivity contribution < 1.29 is 0 Å². The summed E-state index contributed by atoms with van der Waals surface area (Å²) in [5, 5.41) is 11.8. The van der Waals surface area contributed by atoms with E-state index in [1.807, 2.05) is 14.0 Å². The summed E-state index contributed by atoms with van der Waals surface area (Å²) in [4.78, 5) is 0. The van der Waals surface area contributed by atoms with Crippen LogP contribution in [0, 0.1) is 18.8 Å². The zero-order valence-electron chi connectivity index (χ0n) is 11.2. The van der Waals surface area contributed by atoms with Crippen molar-refractivity contribution in [1.29, 1.82) is 0 Å². The Morgan fingerprint density at radius 2 is 2.18 bits per heavy atom. The molecule has 1 aromatic rings. The Bertz CT molecular complexity index is 358. The van der Waals surface area contributed by atoms with Gasteiger partial charge in [0, 0.05) is 7.05 Å². The van der Waals surface area contributed by atoms with E-state index in [0.717, 1.165) is 36.6 Å². The standard InChI is InChI=1S/C13H24N4/c1-10-5-4-6-12(7-10)8-14-9-13-16-15-11(2)17(13)3/h10,12,14H,4-9H2,1-3H3. The Morgan fingerprint density at radius 1 is 1.35 bits per heavy atom. The van der Waals surface area contributed by atoms with Gasteiger partial charge in [-0.25, -0.2) is 0 Å². The first-order valence-corrected chi connectivity index (χ1v) is 6.72.